The van der Waals surface area contributed by atoms with Gasteiger partial charge in [0.15, 0.2) is 0 Å². The predicted octanol–water partition coefficient (Wildman–Crippen LogP) is 1.34. The molecule has 124 valence electrons. The fourth-order valence-electron chi connectivity index (χ4n) is 5.42. The van der Waals surface area contributed by atoms with Crippen LogP contribution in [0.4, 0.5) is 5.69 Å². The number of carboxylic acids is 1. The largest absolute Gasteiger partial charge is 0.480 e. The molecule has 5 rings (SSSR count). The highest BCUT2D eigenvalue weighted by atomic mass is 79.9. The number of carbonyl (C=O) groups is 3. The normalized spacial score (nSPS) is 38.5. The van der Waals surface area contributed by atoms with E-state index in [0.717, 1.165) is 21.5 Å². The number of hydrogen-bond acceptors (Lipinski definition) is 4. The van der Waals surface area contributed by atoms with Crippen LogP contribution in [0.3, 0.4) is 0 Å². The minimum Gasteiger partial charge on any atom is -0.480 e. The fourth-order valence-corrected chi connectivity index (χ4v) is 5.69. The van der Waals surface area contributed by atoms with Crippen molar-refractivity contribution in [3.63, 3.8) is 0 Å². The molecule has 1 aromatic carbocycles. The summed E-state index contributed by atoms with van der Waals surface area (Å²) in [5.41, 5.74) is 1.13. The topological polar surface area (TPSA) is 77.7 Å². The number of benzene rings is 1. The van der Waals surface area contributed by atoms with Gasteiger partial charge in [-0.2, -0.15) is 0 Å². The van der Waals surface area contributed by atoms with Gasteiger partial charge in [0, 0.05) is 10.2 Å². The highest BCUT2D eigenvalue weighted by Crippen LogP contribution is 2.66. The maximum absolute atomic E-state index is 12.6. The van der Waals surface area contributed by atoms with E-state index in [9.17, 15) is 14.4 Å². The van der Waals surface area contributed by atoms with Crippen molar-refractivity contribution in [3.8, 4) is 0 Å². The average molecular weight is 391 g/mol. The zero-order chi connectivity index (χ0) is 16.7. The van der Waals surface area contributed by atoms with Crippen molar-refractivity contribution in [2.24, 2.45) is 23.7 Å². The van der Waals surface area contributed by atoms with E-state index in [4.69, 9.17) is 5.11 Å². The molecular weight excluding hydrogens is 376 g/mol. The SMILES string of the molecule is O=C(O)CN1C(=O)[C@@H]2[C@H]3C[C@@H]([C@@H]2C1=O)[C@@H]1[C@@H]3N1c1ccc(Br)cc1. The lowest BCUT2D eigenvalue weighted by Gasteiger charge is -2.19. The third kappa shape index (κ3) is 1.68. The third-order valence-electron chi connectivity index (χ3n) is 6.15. The van der Waals surface area contributed by atoms with Gasteiger partial charge < -0.3 is 10.0 Å². The van der Waals surface area contributed by atoms with Crippen LogP contribution in [0, 0.1) is 23.7 Å². The number of rotatable bonds is 3. The molecule has 7 heteroatoms. The Labute approximate surface area is 146 Å². The molecule has 24 heavy (non-hydrogen) atoms. The number of likely N-dealkylation sites (tertiary alicyclic amines) is 1. The second-order valence-corrected chi connectivity index (χ2v) is 8.05. The summed E-state index contributed by atoms with van der Waals surface area (Å²) >= 11 is 3.43. The van der Waals surface area contributed by atoms with Crippen LogP contribution in [0.2, 0.25) is 0 Å². The first kappa shape index (κ1) is 14.5. The number of aliphatic carboxylic acids is 1. The quantitative estimate of drug-likeness (QED) is 0.622. The molecule has 2 bridgehead atoms. The van der Waals surface area contributed by atoms with E-state index < -0.39 is 12.5 Å². The summed E-state index contributed by atoms with van der Waals surface area (Å²) in [6.45, 7) is -0.504. The zero-order valence-corrected chi connectivity index (χ0v) is 14.2. The second kappa shape index (κ2) is 4.59. The lowest BCUT2D eigenvalue weighted by molar-refractivity contribution is -0.150. The molecule has 0 spiro atoms. The van der Waals surface area contributed by atoms with Gasteiger partial charge in [0.1, 0.15) is 6.54 Å². The van der Waals surface area contributed by atoms with Crippen molar-refractivity contribution in [1.29, 1.82) is 0 Å². The number of hydrogen-bond donors (Lipinski definition) is 1. The Morgan fingerprint density at radius 3 is 2.12 bits per heavy atom. The number of amides is 2. The lowest BCUT2D eigenvalue weighted by atomic mass is 9.81. The Hall–Kier alpha value is -1.89. The van der Waals surface area contributed by atoms with Crippen molar-refractivity contribution in [2.45, 2.75) is 18.5 Å². The Balaban J connectivity index is 1.43. The standard InChI is InChI=1S/C17H15BrN2O4/c18-7-1-3-8(4-2-7)20-14-9-5-10(15(14)20)13-12(9)16(23)19(17(13)24)6-11(21)22/h1-4,9-10,12-15H,5-6H2,(H,21,22)/t9-,10+,12-,13+,14-,15-,20?/m1/s1. The van der Waals surface area contributed by atoms with E-state index >= 15 is 0 Å². The summed E-state index contributed by atoms with van der Waals surface area (Å²) in [6.07, 6.45) is 0.913. The van der Waals surface area contributed by atoms with Crippen molar-refractivity contribution in [3.05, 3.63) is 28.7 Å². The van der Waals surface area contributed by atoms with Crippen LogP contribution in [-0.4, -0.2) is 46.4 Å². The first-order chi connectivity index (χ1) is 11.5. The highest BCUT2D eigenvalue weighted by molar-refractivity contribution is 9.10. The second-order valence-electron chi connectivity index (χ2n) is 7.14. The molecule has 2 heterocycles. The molecule has 2 aliphatic heterocycles. The van der Waals surface area contributed by atoms with Crippen LogP contribution in [0.25, 0.3) is 0 Å². The van der Waals surface area contributed by atoms with Gasteiger partial charge in [0.05, 0.1) is 23.9 Å². The van der Waals surface area contributed by atoms with Crippen molar-refractivity contribution < 1.29 is 19.5 Å². The molecular formula is C17H15BrN2O4. The highest BCUT2D eigenvalue weighted by Gasteiger charge is 2.75. The Kier molecular flexibility index (Phi) is 2.77. The summed E-state index contributed by atoms with van der Waals surface area (Å²) < 4.78 is 1.02. The van der Waals surface area contributed by atoms with Gasteiger partial charge >= 0.3 is 5.97 Å². The number of carboxylic acid groups (broad SMARTS) is 1. The minimum absolute atomic E-state index is 0.170. The lowest BCUT2D eigenvalue weighted by Crippen LogP contribution is -2.38. The maximum atomic E-state index is 12.6. The molecule has 6 atom stereocenters. The molecule has 2 amide bonds. The van der Waals surface area contributed by atoms with E-state index in [1.165, 1.54) is 0 Å². The first-order valence-electron chi connectivity index (χ1n) is 8.10. The fraction of sp³-hybridized carbons (Fsp3) is 0.471. The molecule has 2 saturated carbocycles. The predicted molar refractivity (Wildman–Crippen MR) is 87.1 cm³/mol. The van der Waals surface area contributed by atoms with E-state index in [1.54, 1.807) is 0 Å². The van der Waals surface area contributed by atoms with E-state index in [-0.39, 0.29) is 35.5 Å². The summed E-state index contributed by atoms with van der Waals surface area (Å²) in [5.74, 6) is -1.98. The van der Waals surface area contributed by atoms with Crippen LogP contribution in [0.1, 0.15) is 6.42 Å². The van der Waals surface area contributed by atoms with Crippen LogP contribution >= 0.6 is 15.9 Å². The Morgan fingerprint density at radius 1 is 1.08 bits per heavy atom. The van der Waals surface area contributed by atoms with Gasteiger partial charge in [0.25, 0.3) is 0 Å². The maximum Gasteiger partial charge on any atom is 0.323 e. The molecule has 2 saturated heterocycles. The number of fused-ring (bicyclic) bond motifs is 8. The summed E-state index contributed by atoms with van der Waals surface area (Å²) in [4.78, 5) is 39.4. The molecule has 4 fully saturated rings. The van der Waals surface area contributed by atoms with Gasteiger partial charge in [-0.25, -0.2) is 0 Å². The van der Waals surface area contributed by atoms with E-state index in [2.05, 4.69) is 33.0 Å². The van der Waals surface area contributed by atoms with E-state index in [0.29, 0.717) is 12.1 Å². The van der Waals surface area contributed by atoms with Crippen LogP contribution < -0.4 is 4.90 Å². The first-order valence-corrected chi connectivity index (χ1v) is 8.89. The molecule has 0 unspecified atom stereocenters. The molecule has 1 aromatic rings. The Bertz CT molecular complexity index is 745. The monoisotopic (exact) mass is 390 g/mol. The van der Waals surface area contributed by atoms with Gasteiger partial charge in [-0.3, -0.25) is 19.3 Å². The number of nitrogens with zero attached hydrogens (tertiary/aromatic N) is 2. The number of halogens is 1. The summed E-state index contributed by atoms with van der Waals surface area (Å²) in [7, 11) is 0. The smallest absolute Gasteiger partial charge is 0.323 e. The number of piperidine rings is 1. The van der Waals surface area contributed by atoms with Crippen LogP contribution in [0.5, 0.6) is 0 Å². The summed E-state index contributed by atoms with van der Waals surface area (Å²) in [5, 5.41) is 8.94. The molecule has 1 N–H and O–H groups in total. The molecule has 6 nitrogen and oxygen atoms in total. The van der Waals surface area contributed by atoms with Crippen molar-refractivity contribution in [2.75, 3.05) is 11.4 Å². The van der Waals surface area contributed by atoms with Gasteiger partial charge in [-0.1, -0.05) is 15.9 Å². The number of anilines is 1. The van der Waals surface area contributed by atoms with Crippen LogP contribution in [-0.2, 0) is 14.4 Å². The molecule has 0 radical (unpaired) electrons. The van der Waals surface area contributed by atoms with E-state index in [1.807, 2.05) is 12.1 Å². The molecule has 0 aromatic heterocycles. The third-order valence-corrected chi connectivity index (χ3v) is 6.68. The Morgan fingerprint density at radius 2 is 1.62 bits per heavy atom. The minimum atomic E-state index is -1.13. The van der Waals surface area contributed by atoms with Gasteiger partial charge in [0.2, 0.25) is 11.8 Å². The molecule has 2 aliphatic carbocycles. The summed E-state index contributed by atoms with van der Waals surface area (Å²) in [6, 6.07) is 8.74. The van der Waals surface area contributed by atoms with Gasteiger partial charge in [-0.05, 0) is 42.5 Å². The zero-order valence-electron chi connectivity index (χ0n) is 12.6. The van der Waals surface area contributed by atoms with Crippen LogP contribution in [0.15, 0.2) is 28.7 Å². The molecule has 4 aliphatic rings. The van der Waals surface area contributed by atoms with Crippen molar-refractivity contribution >= 4 is 39.4 Å². The van der Waals surface area contributed by atoms with Gasteiger partial charge in [-0.15, -0.1) is 0 Å². The van der Waals surface area contributed by atoms with Crippen molar-refractivity contribution in [1.82, 2.24) is 4.90 Å². The number of carbonyl (C=O) groups excluding carboxylic acids is 2. The number of imide groups is 1. The average Bonchev–Trinajstić information content (AvgIpc) is 2.90.